The maximum absolute atomic E-state index is 2.30. The molecule has 0 aliphatic heterocycles. The van der Waals surface area contributed by atoms with E-state index in [-0.39, 0.29) is 10.8 Å². The second-order valence-corrected chi connectivity index (χ2v) is 7.10. The fraction of sp³-hybridized carbons (Fsp3) is 0.571. The highest BCUT2D eigenvalue weighted by Crippen LogP contribution is 2.29. The van der Waals surface area contributed by atoms with Crippen LogP contribution >= 0.6 is 11.3 Å². The lowest BCUT2D eigenvalue weighted by atomic mass is 9.93. The zero-order valence-corrected chi connectivity index (χ0v) is 11.5. The highest BCUT2D eigenvalue weighted by molar-refractivity contribution is 7.10. The highest BCUT2D eigenvalue weighted by atomic mass is 32.1. The average molecular weight is 222 g/mol. The number of allylic oxidation sites excluding steroid dienone is 1. The zero-order valence-electron chi connectivity index (χ0n) is 10.7. The molecule has 1 heteroatoms. The van der Waals surface area contributed by atoms with Gasteiger partial charge in [0.2, 0.25) is 0 Å². The predicted octanol–water partition coefficient (Wildman–Crippen LogP) is 5.10. The molecule has 1 rings (SSSR count). The second kappa shape index (κ2) is 4.13. The molecule has 0 fully saturated rings. The predicted molar refractivity (Wildman–Crippen MR) is 71.5 cm³/mol. The summed E-state index contributed by atoms with van der Waals surface area (Å²) in [6.07, 6.45) is 4.49. The molecule has 0 unspecified atom stereocenters. The van der Waals surface area contributed by atoms with E-state index in [1.54, 1.807) is 0 Å². The van der Waals surface area contributed by atoms with Crippen LogP contribution in [0.3, 0.4) is 0 Å². The third-order valence-electron chi connectivity index (χ3n) is 2.13. The molecule has 84 valence electrons. The Morgan fingerprint density at radius 1 is 1.07 bits per heavy atom. The molecule has 0 N–H and O–H groups in total. The molecule has 0 aliphatic carbocycles. The summed E-state index contributed by atoms with van der Waals surface area (Å²) in [7, 11) is 0. The average Bonchev–Trinajstić information content (AvgIpc) is 2.45. The van der Waals surface area contributed by atoms with Crippen LogP contribution in [0.4, 0.5) is 0 Å². The molecule has 1 heterocycles. The van der Waals surface area contributed by atoms with Crippen LogP contribution < -0.4 is 0 Å². The molecular weight excluding hydrogens is 200 g/mol. The molecule has 0 nitrogen and oxygen atoms in total. The third kappa shape index (κ3) is 4.21. The summed E-state index contributed by atoms with van der Waals surface area (Å²) in [6, 6.07) is 2.30. The normalized spacial score (nSPS) is 13.7. The molecular formula is C14H22S. The van der Waals surface area contributed by atoms with Gasteiger partial charge in [-0.25, -0.2) is 0 Å². The van der Waals surface area contributed by atoms with Gasteiger partial charge in [-0.3, -0.25) is 0 Å². The summed E-state index contributed by atoms with van der Waals surface area (Å²) in [5, 5.41) is 2.24. The number of hydrogen-bond donors (Lipinski definition) is 0. The minimum absolute atomic E-state index is 0.268. The van der Waals surface area contributed by atoms with Crippen molar-refractivity contribution >= 4 is 17.4 Å². The van der Waals surface area contributed by atoms with Gasteiger partial charge in [0, 0.05) is 4.88 Å². The lowest BCUT2D eigenvalue weighted by Crippen LogP contribution is -2.07. The van der Waals surface area contributed by atoms with Crippen LogP contribution in [0.5, 0.6) is 0 Å². The maximum atomic E-state index is 2.30. The standard InChI is InChI=1S/C14H22S/c1-13(2,3)8-7-11-9-12(15-10-11)14(4,5)6/h7-10H,1-6H3/b8-7+. The van der Waals surface area contributed by atoms with E-state index in [0.29, 0.717) is 0 Å². The van der Waals surface area contributed by atoms with E-state index in [0.717, 1.165) is 0 Å². The molecule has 0 bridgehead atoms. The van der Waals surface area contributed by atoms with E-state index in [4.69, 9.17) is 0 Å². The van der Waals surface area contributed by atoms with Crippen molar-refractivity contribution in [1.29, 1.82) is 0 Å². The van der Waals surface area contributed by atoms with Crippen LogP contribution in [0.15, 0.2) is 17.5 Å². The Balaban J connectivity index is 2.82. The van der Waals surface area contributed by atoms with Gasteiger partial charge in [0.1, 0.15) is 0 Å². The largest absolute Gasteiger partial charge is 0.148 e. The first kappa shape index (κ1) is 12.5. The monoisotopic (exact) mass is 222 g/mol. The van der Waals surface area contributed by atoms with Gasteiger partial charge in [-0.05, 0) is 27.8 Å². The van der Waals surface area contributed by atoms with Gasteiger partial charge in [0.05, 0.1) is 0 Å². The van der Waals surface area contributed by atoms with Crippen LogP contribution in [0.2, 0.25) is 0 Å². The molecule has 0 atom stereocenters. The molecule has 1 aromatic heterocycles. The van der Waals surface area contributed by atoms with Crippen LogP contribution in [-0.4, -0.2) is 0 Å². The smallest absolute Gasteiger partial charge is 0.0105 e. The van der Waals surface area contributed by atoms with Crippen LogP contribution in [0.25, 0.3) is 6.08 Å². The number of rotatable bonds is 1. The molecule has 0 spiro atoms. The highest BCUT2D eigenvalue weighted by Gasteiger charge is 2.15. The van der Waals surface area contributed by atoms with Crippen LogP contribution in [0, 0.1) is 5.41 Å². The van der Waals surface area contributed by atoms with Crippen LogP contribution in [-0.2, 0) is 5.41 Å². The molecule has 0 saturated heterocycles. The summed E-state index contributed by atoms with van der Waals surface area (Å²) >= 11 is 1.86. The second-order valence-electron chi connectivity index (χ2n) is 6.19. The summed E-state index contributed by atoms with van der Waals surface area (Å²) in [5.74, 6) is 0. The van der Waals surface area contributed by atoms with Crippen molar-refractivity contribution in [3.05, 3.63) is 28.0 Å². The maximum Gasteiger partial charge on any atom is 0.0105 e. The molecule has 15 heavy (non-hydrogen) atoms. The Hall–Kier alpha value is -0.560. The van der Waals surface area contributed by atoms with Gasteiger partial charge in [-0.2, -0.15) is 0 Å². The minimum atomic E-state index is 0.268. The quantitative estimate of drug-likeness (QED) is 0.620. The Kier molecular flexibility index (Phi) is 3.44. The first-order valence-corrected chi connectivity index (χ1v) is 6.35. The molecule has 0 aliphatic rings. The van der Waals surface area contributed by atoms with Gasteiger partial charge >= 0.3 is 0 Å². The molecule has 0 saturated carbocycles. The molecule has 0 aromatic carbocycles. The Morgan fingerprint density at radius 3 is 2.07 bits per heavy atom. The van der Waals surface area contributed by atoms with Gasteiger partial charge < -0.3 is 0 Å². The van der Waals surface area contributed by atoms with Crippen LogP contribution in [0.1, 0.15) is 52.0 Å². The molecule has 0 amide bonds. The van der Waals surface area contributed by atoms with E-state index in [2.05, 4.69) is 65.1 Å². The van der Waals surface area contributed by atoms with Gasteiger partial charge in [0.15, 0.2) is 0 Å². The first-order valence-electron chi connectivity index (χ1n) is 5.47. The van der Waals surface area contributed by atoms with E-state index in [1.807, 2.05) is 11.3 Å². The van der Waals surface area contributed by atoms with Gasteiger partial charge in [-0.1, -0.05) is 53.7 Å². The fourth-order valence-electron chi connectivity index (χ4n) is 1.18. The zero-order chi connectivity index (χ0) is 11.7. The number of hydrogen-bond acceptors (Lipinski definition) is 1. The lowest BCUT2D eigenvalue weighted by Gasteiger charge is -2.15. The van der Waals surface area contributed by atoms with Crippen molar-refractivity contribution < 1.29 is 0 Å². The van der Waals surface area contributed by atoms with Crippen molar-refractivity contribution in [2.45, 2.75) is 47.0 Å². The first-order chi connectivity index (χ1) is 6.68. The van der Waals surface area contributed by atoms with Crippen molar-refractivity contribution in [2.75, 3.05) is 0 Å². The van der Waals surface area contributed by atoms with Gasteiger partial charge in [-0.15, -0.1) is 11.3 Å². The Morgan fingerprint density at radius 2 is 1.67 bits per heavy atom. The number of thiophene rings is 1. The lowest BCUT2D eigenvalue weighted by molar-refractivity contribution is 0.547. The van der Waals surface area contributed by atoms with E-state index < -0.39 is 0 Å². The third-order valence-corrected chi connectivity index (χ3v) is 3.51. The van der Waals surface area contributed by atoms with Crippen molar-refractivity contribution in [3.8, 4) is 0 Å². The van der Waals surface area contributed by atoms with Gasteiger partial charge in [0.25, 0.3) is 0 Å². The Bertz CT molecular complexity index is 342. The summed E-state index contributed by atoms with van der Waals surface area (Å²) in [4.78, 5) is 1.45. The minimum Gasteiger partial charge on any atom is -0.148 e. The van der Waals surface area contributed by atoms with E-state index >= 15 is 0 Å². The van der Waals surface area contributed by atoms with E-state index in [1.165, 1.54) is 10.4 Å². The topological polar surface area (TPSA) is 0 Å². The summed E-state index contributed by atoms with van der Waals surface area (Å²) in [6.45, 7) is 13.4. The molecule has 0 radical (unpaired) electrons. The summed E-state index contributed by atoms with van der Waals surface area (Å²) in [5.41, 5.74) is 1.88. The van der Waals surface area contributed by atoms with Crippen molar-refractivity contribution in [1.82, 2.24) is 0 Å². The fourth-order valence-corrected chi connectivity index (χ4v) is 2.15. The van der Waals surface area contributed by atoms with E-state index in [9.17, 15) is 0 Å². The SMILES string of the molecule is CC(C)(C)/C=C/c1csc(C(C)(C)C)c1. The summed E-state index contributed by atoms with van der Waals surface area (Å²) < 4.78 is 0. The Labute approximate surface area is 98.0 Å². The van der Waals surface area contributed by atoms with Crippen molar-refractivity contribution in [2.24, 2.45) is 5.41 Å². The molecule has 1 aromatic rings. The van der Waals surface area contributed by atoms with Crippen molar-refractivity contribution in [3.63, 3.8) is 0 Å².